The molecule has 0 amide bonds. The standard InChI is InChI=1S/C7H4ClNO4/c8-5-2-1-4(7(10)11)3-6(5)9(12)13/h1-3H,(H,10,11)/p-1. The van der Waals surface area contributed by atoms with Gasteiger partial charge in [0, 0.05) is 11.6 Å². The van der Waals surface area contributed by atoms with Crippen LogP contribution in [0.2, 0.25) is 5.02 Å². The first kappa shape index (κ1) is 9.47. The van der Waals surface area contributed by atoms with Gasteiger partial charge in [-0.3, -0.25) is 10.1 Å². The fraction of sp³-hybridized carbons (Fsp3) is 0. The van der Waals surface area contributed by atoms with Crippen LogP contribution in [0.1, 0.15) is 10.4 Å². The molecular weight excluding hydrogens is 198 g/mol. The number of aromatic carboxylic acids is 1. The Kier molecular flexibility index (Phi) is 2.48. The highest BCUT2D eigenvalue weighted by atomic mass is 35.5. The van der Waals surface area contributed by atoms with E-state index in [1.165, 1.54) is 0 Å². The largest absolute Gasteiger partial charge is 0.545 e. The third-order valence-corrected chi connectivity index (χ3v) is 1.70. The maximum atomic E-state index is 10.3. The normalized spacial score (nSPS) is 9.62. The Bertz CT molecular complexity index is 377. The molecule has 1 aromatic rings. The summed E-state index contributed by atoms with van der Waals surface area (Å²) in [6.45, 7) is 0. The average Bonchev–Trinajstić information content (AvgIpc) is 2.04. The first-order valence-electron chi connectivity index (χ1n) is 3.17. The van der Waals surface area contributed by atoms with E-state index in [9.17, 15) is 20.0 Å². The molecule has 0 aliphatic rings. The van der Waals surface area contributed by atoms with Crippen LogP contribution in [0, 0.1) is 10.1 Å². The van der Waals surface area contributed by atoms with Gasteiger partial charge in [-0.05, 0) is 6.07 Å². The second-order valence-electron chi connectivity index (χ2n) is 2.21. The zero-order chi connectivity index (χ0) is 10.0. The molecule has 0 fully saturated rings. The van der Waals surface area contributed by atoms with Gasteiger partial charge in [0.1, 0.15) is 5.02 Å². The van der Waals surface area contributed by atoms with Gasteiger partial charge in [0.2, 0.25) is 0 Å². The minimum Gasteiger partial charge on any atom is -0.545 e. The Labute approximate surface area is 77.7 Å². The maximum Gasteiger partial charge on any atom is 0.288 e. The fourth-order valence-corrected chi connectivity index (χ4v) is 0.966. The van der Waals surface area contributed by atoms with Crippen LogP contribution in [-0.4, -0.2) is 10.9 Å². The van der Waals surface area contributed by atoms with Gasteiger partial charge in [0.25, 0.3) is 5.69 Å². The molecule has 68 valence electrons. The zero-order valence-electron chi connectivity index (χ0n) is 6.19. The van der Waals surface area contributed by atoms with Crippen LogP contribution in [-0.2, 0) is 0 Å². The van der Waals surface area contributed by atoms with Gasteiger partial charge in [-0.15, -0.1) is 0 Å². The number of rotatable bonds is 2. The number of carboxylic acids is 1. The highest BCUT2D eigenvalue weighted by Crippen LogP contribution is 2.24. The van der Waals surface area contributed by atoms with Gasteiger partial charge in [-0.2, -0.15) is 0 Å². The van der Waals surface area contributed by atoms with Crippen molar-refractivity contribution in [3.05, 3.63) is 38.9 Å². The van der Waals surface area contributed by atoms with Crippen molar-refractivity contribution < 1.29 is 14.8 Å². The second-order valence-corrected chi connectivity index (χ2v) is 2.62. The summed E-state index contributed by atoms with van der Waals surface area (Å²) in [6.07, 6.45) is 0. The molecule has 0 spiro atoms. The molecule has 0 heterocycles. The minimum atomic E-state index is -1.47. The lowest BCUT2D eigenvalue weighted by atomic mass is 10.2. The first-order chi connectivity index (χ1) is 6.02. The topological polar surface area (TPSA) is 83.3 Å². The van der Waals surface area contributed by atoms with Crippen LogP contribution in [0.15, 0.2) is 18.2 Å². The minimum absolute atomic E-state index is 0.102. The quantitative estimate of drug-likeness (QED) is 0.517. The van der Waals surface area contributed by atoms with Gasteiger partial charge in [0.15, 0.2) is 0 Å². The number of carbonyl (C=O) groups excluding carboxylic acids is 1. The van der Waals surface area contributed by atoms with Gasteiger partial charge in [-0.25, -0.2) is 0 Å². The molecule has 0 aliphatic heterocycles. The molecule has 5 nitrogen and oxygen atoms in total. The van der Waals surface area contributed by atoms with Crippen LogP contribution in [0.5, 0.6) is 0 Å². The molecule has 0 saturated heterocycles. The third-order valence-electron chi connectivity index (χ3n) is 1.38. The Morgan fingerprint density at radius 2 is 2.08 bits per heavy atom. The maximum absolute atomic E-state index is 10.3. The molecule has 0 atom stereocenters. The summed E-state index contributed by atoms with van der Waals surface area (Å²) in [5.74, 6) is -1.47. The summed E-state index contributed by atoms with van der Waals surface area (Å²) in [5.41, 5.74) is -0.709. The Morgan fingerprint density at radius 3 is 2.54 bits per heavy atom. The number of hydrogen-bond acceptors (Lipinski definition) is 4. The predicted molar refractivity (Wildman–Crippen MR) is 42.4 cm³/mol. The second kappa shape index (κ2) is 3.40. The number of hydrogen-bond donors (Lipinski definition) is 0. The molecule has 0 aliphatic carbocycles. The van der Waals surface area contributed by atoms with Crippen molar-refractivity contribution in [2.45, 2.75) is 0 Å². The van der Waals surface area contributed by atoms with Crippen LogP contribution < -0.4 is 5.11 Å². The van der Waals surface area contributed by atoms with Crippen LogP contribution in [0.4, 0.5) is 5.69 Å². The van der Waals surface area contributed by atoms with E-state index in [0.717, 1.165) is 18.2 Å². The Morgan fingerprint density at radius 1 is 1.46 bits per heavy atom. The van der Waals surface area contributed by atoms with Gasteiger partial charge < -0.3 is 9.90 Å². The van der Waals surface area contributed by atoms with Crippen molar-refractivity contribution in [1.82, 2.24) is 0 Å². The van der Waals surface area contributed by atoms with E-state index >= 15 is 0 Å². The van der Waals surface area contributed by atoms with E-state index in [-0.39, 0.29) is 10.6 Å². The summed E-state index contributed by atoms with van der Waals surface area (Å²) in [5, 5.41) is 20.5. The first-order valence-corrected chi connectivity index (χ1v) is 3.55. The van der Waals surface area contributed by atoms with E-state index in [1.807, 2.05) is 0 Å². The summed E-state index contributed by atoms with van der Waals surface area (Å²) >= 11 is 5.44. The van der Waals surface area contributed by atoms with Gasteiger partial charge in [-0.1, -0.05) is 17.7 Å². The van der Waals surface area contributed by atoms with Gasteiger partial charge in [0.05, 0.1) is 10.9 Å². The average molecular weight is 201 g/mol. The molecule has 0 bridgehead atoms. The summed E-state index contributed by atoms with van der Waals surface area (Å²) in [4.78, 5) is 19.9. The molecule has 0 unspecified atom stereocenters. The summed E-state index contributed by atoms with van der Waals surface area (Å²) in [7, 11) is 0. The van der Waals surface area contributed by atoms with Crippen LogP contribution >= 0.6 is 11.6 Å². The van der Waals surface area contributed by atoms with E-state index in [2.05, 4.69) is 0 Å². The van der Waals surface area contributed by atoms with E-state index in [4.69, 9.17) is 11.6 Å². The lowest BCUT2D eigenvalue weighted by molar-refractivity contribution is -0.384. The van der Waals surface area contributed by atoms with Crippen molar-refractivity contribution in [2.75, 3.05) is 0 Å². The number of nitrogens with zero attached hydrogens (tertiary/aromatic N) is 1. The van der Waals surface area contributed by atoms with Crippen molar-refractivity contribution in [3.8, 4) is 0 Å². The van der Waals surface area contributed by atoms with Crippen molar-refractivity contribution in [1.29, 1.82) is 0 Å². The molecular formula is C7H3ClNO4-. The van der Waals surface area contributed by atoms with Crippen LogP contribution in [0.3, 0.4) is 0 Å². The molecule has 0 aromatic heterocycles. The van der Waals surface area contributed by atoms with E-state index in [1.54, 1.807) is 0 Å². The predicted octanol–water partition coefficient (Wildman–Crippen LogP) is 0.612. The van der Waals surface area contributed by atoms with Crippen LogP contribution in [0.25, 0.3) is 0 Å². The molecule has 13 heavy (non-hydrogen) atoms. The molecule has 0 saturated carbocycles. The van der Waals surface area contributed by atoms with E-state index in [0.29, 0.717) is 0 Å². The Hall–Kier alpha value is -1.62. The number of carboxylic acid groups (broad SMARTS) is 1. The molecule has 0 radical (unpaired) electrons. The number of nitro groups is 1. The van der Waals surface area contributed by atoms with Crippen molar-refractivity contribution in [3.63, 3.8) is 0 Å². The van der Waals surface area contributed by atoms with Gasteiger partial charge >= 0.3 is 0 Å². The monoisotopic (exact) mass is 200 g/mol. The lowest BCUT2D eigenvalue weighted by Crippen LogP contribution is -2.22. The number of nitro benzene ring substituents is 1. The number of halogens is 1. The molecule has 0 N–H and O–H groups in total. The molecule has 6 heteroatoms. The van der Waals surface area contributed by atoms with Crippen molar-refractivity contribution in [2.24, 2.45) is 0 Å². The SMILES string of the molecule is O=C([O-])c1ccc(Cl)c([N+](=O)[O-])c1. The van der Waals surface area contributed by atoms with E-state index < -0.39 is 16.6 Å². The molecule has 1 aromatic carbocycles. The smallest absolute Gasteiger partial charge is 0.288 e. The molecule has 1 rings (SSSR count). The number of carbonyl (C=O) groups is 1. The fourth-order valence-electron chi connectivity index (χ4n) is 0.780. The lowest BCUT2D eigenvalue weighted by Gasteiger charge is -2.01. The summed E-state index contributed by atoms with van der Waals surface area (Å²) < 4.78 is 0. The third kappa shape index (κ3) is 1.94. The summed E-state index contributed by atoms with van der Waals surface area (Å²) in [6, 6.07) is 3.15. The Balaban J connectivity index is 3.27. The van der Waals surface area contributed by atoms with Crippen molar-refractivity contribution >= 4 is 23.3 Å². The zero-order valence-corrected chi connectivity index (χ0v) is 6.95. The highest BCUT2D eigenvalue weighted by Gasteiger charge is 2.12. The number of benzene rings is 1. The highest BCUT2D eigenvalue weighted by molar-refractivity contribution is 6.32.